The van der Waals surface area contributed by atoms with E-state index in [0.717, 1.165) is 83.5 Å². The van der Waals surface area contributed by atoms with Crippen LogP contribution in [0.1, 0.15) is 175 Å². The van der Waals surface area contributed by atoms with Crippen molar-refractivity contribution in [3.05, 3.63) is 0 Å². The Kier molecular flexibility index (Phi) is 34.7. The van der Waals surface area contributed by atoms with E-state index in [0.29, 0.717) is 39.3 Å². The van der Waals surface area contributed by atoms with Gasteiger partial charge in [-0.05, 0) is 38.5 Å². The van der Waals surface area contributed by atoms with Crippen molar-refractivity contribution in [1.82, 2.24) is 0 Å². The van der Waals surface area contributed by atoms with Gasteiger partial charge in [-0.1, -0.05) is 124 Å². The number of carbonyl (C=O) groups excluding carboxylic acids is 2. The third-order valence-electron chi connectivity index (χ3n) is 7.73. The minimum atomic E-state index is -0.484. The zero-order valence-electron chi connectivity index (χ0n) is 29.9. The number of ether oxygens (including phenoxy) is 6. The molecule has 0 aromatic heterocycles. The van der Waals surface area contributed by atoms with E-state index in [1.807, 2.05) is 0 Å². The van der Waals surface area contributed by atoms with Crippen LogP contribution in [-0.4, -0.2) is 64.2 Å². The molecule has 0 atom stereocenters. The van der Waals surface area contributed by atoms with E-state index in [-0.39, 0.29) is 25.2 Å². The van der Waals surface area contributed by atoms with Gasteiger partial charge in [-0.15, -0.1) is 0 Å². The van der Waals surface area contributed by atoms with E-state index in [1.165, 1.54) is 51.4 Å². The third-order valence-corrected chi connectivity index (χ3v) is 7.73. The van der Waals surface area contributed by atoms with Crippen molar-refractivity contribution in [1.29, 1.82) is 0 Å². The van der Waals surface area contributed by atoms with Gasteiger partial charge in [-0.2, -0.15) is 0 Å². The average molecular weight is 645 g/mol. The monoisotopic (exact) mass is 645 g/mol. The summed E-state index contributed by atoms with van der Waals surface area (Å²) in [5.74, 6) is -0.412. The van der Waals surface area contributed by atoms with Crippen molar-refractivity contribution in [2.75, 3.05) is 39.6 Å². The highest BCUT2D eigenvalue weighted by Gasteiger charge is 2.15. The van der Waals surface area contributed by atoms with Crippen molar-refractivity contribution in [3.63, 3.8) is 0 Å². The van der Waals surface area contributed by atoms with Crippen LogP contribution in [0, 0.1) is 0 Å². The van der Waals surface area contributed by atoms with Crippen LogP contribution in [0.2, 0.25) is 0 Å². The minimum absolute atomic E-state index is 0.150. The molecule has 0 N–H and O–H groups in total. The lowest BCUT2D eigenvalue weighted by molar-refractivity contribution is -0.183. The Hall–Kier alpha value is -1.22. The lowest BCUT2D eigenvalue weighted by atomic mass is 10.1. The summed E-state index contributed by atoms with van der Waals surface area (Å²) < 4.78 is 34.5. The highest BCUT2D eigenvalue weighted by Crippen LogP contribution is 2.11. The second-order valence-corrected chi connectivity index (χ2v) is 12.2. The van der Waals surface area contributed by atoms with Gasteiger partial charge < -0.3 is 28.4 Å². The fraction of sp³-hybridized carbons (Fsp3) is 0.946. The van der Waals surface area contributed by atoms with E-state index in [1.54, 1.807) is 0 Å². The smallest absolute Gasteiger partial charge is 0.305 e. The molecule has 0 radical (unpaired) electrons. The normalized spacial score (nSPS) is 11.5. The molecule has 0 aliphatic rings. The summed E-state index contributed by atoms with van der Waals surface area (Å²) in [6.07, 6.45) is 22.3. The van der Waals surface area contributed by atoms with Gasteiger partial charge in [-0.25, -0.2) is 0 Å². The summed E-state index contributed by atoms with van der Waals surface area (Å²) in [5, 5.41) is 0. The molecule has 0 heterocycles. The van der Waals surface area contributed by atoms with Crippen molar-refractivity contribution in [3.8, 4) is 0 Å². The molecule has 0 amide bonds. The number of unbranched alkanes of at least 4 members (excludes halogenated alkanes) is 16. The van der Waals surface area contributed by atoms with Gasteiger partial charge in [0.1, 0.15) is 13.2 Å². The van der Waals surface area contributed by atoms with Crippen LogP contribution in [0.25, 0.3) is 0 Å². The van der Waals surface area contributed by atoms with Crippen LogP contribution in [0.15, 0.2) is 0 Å². The molecule has 0 aliphatic heterocycles. The second kappa shape index (κ2) is 35.6. The number of esters is 2. The van der Waals surface area contributed by atoms with Crippen LogP contribution in [0.3, 0.4) is 0 Å². The minimum Gasteiger partial charge on any atom is -0.460 e. The van der Waals surface area contributed by atoms with Gasteiger partial charge in [0.25, 0.3) is 0 Å². The van der Waals surface area contributed by atoms with Gasteiger partial charge >= 0.3 is 11.9 Å². The predicted molar refractivity (Wildman–Crippen MR) is 182 cm³/mol. The Labute approximate surface area is 277 Å². The molecule has 0 unspecified atom stereocenters. The first-order valence-corrected chi connectivity index (χ1v) is 18.8. The molecule has 0 aromatic carbocycles. The van der Waals surface area contributed by atoms with Crippen molar-refractivity contribution >= 4 is 11.9 Å². The molecule has 8 nitrogen and oxygen atoms in total. The number of hydrogen-bond acceptors (Lipinski definition) is 8. The molecule has 0 bridgehead atoms. The van der Waals surface area contributed by atoms with Gasteiger partial charge in [-0.3, -0.25) is 9.59 Å². The molecule has 0 saturated heterocycles. The summed E-state index contributed by atoms with van der Waals surface area (Å²) in [6, 6.07) is 0. The summed E-state index contributed by atoms with van der Waals surface area (Å²) >= 11 is 0. The van der Waals surface area contributed by atoms with E-state index >= 15 is 0 Å². The molecule has 8 heteroatoms. The highest BCUT2D eigenvalue weighted by atomic mass is 16.7. The molecular formula is C37H72O8. The Morgan fingerprint density at radius 2 is 0.644 bits per heavy atom. The van der Waals surface area contributed by atoms with Gasteiger partial charge in [0.2, 0.25) is 0 Å². The maximum atomic E-state index is 12.3. The Balaban J connectivity index is 4.08. The molecule has 0 aliphatic carbocycles. The van der Waals surface area contributed by atoms with Gasteiger partial charge in [0.05, 0.1) is 0 Å². The average Bonchev–Trinajstić information content (AvgIpc) is 3.04. The Bertz CT molecular complexity index is 550. The quantitative estimate of drug-likeness (QED) is 0.0378. The van der Waals surface area contributed by atoms with Crippen molar-refractivity contribution < 1.29 is 38.0 Å². The van der Waals surface area contributed by atoms with Crippen LogP contribution < -0.4 is 0 Å². The fourth-order valence-corrected chi connectivity index (χ4v) is 4.80. The zero-order valence-corrected chi connectivity index (χ0v) is 29.9. The Morgan fingerprint density at radius 1 is 0.378 bits per heavy atom. The number of hydrogen-bond donors (Lipinski definition) is 0. The van der Waals surface area contributed by atoms with E-state index in [2.05, 4.69) is 27.7 Å². The standard InChI is InChI=1S/C37H72O8/c1-5-9-13-22-28-40-36(41-29-23-14-10-6-2)32-44-34(38)26-20-18-17-19-21-27-35(39)45-33-37(42-30-24-15-11-7-3)43-31-25-16-12-8-4/h36-37H,5-33H2,1-4H3. The second-order valence-electron chi connectivity index (χ2n) is 12.2. The lowest BCUT2D eigenvalue weighted by Gasteiger charge is -2.19. The molecule has 0 rings (SSSR count). The number of carbonyl (C=O) groups is 2. The molecule has 45 heavy (non-hydrogen) atoms. The van der Waals surface area contributed by atoms with Gasteiger partial charge in [0.15, 0.2) is 12.6 Å². The first kappa shape index (κ1) is 43.8. The predicted octanol–water partition coefficient (Wildman–Crippen LogP) is 9.84. The summed E-state index contributed by atoms with van der Waals surface area (Å²) in [7, 11) is 0. The van der Waals surface area contributed by atoms with Gasteiger partial charge in [0, 0.05) is 39.3 Å². The van der Waals surface area contributed by atoms with Crippen molar-refractivity contribution in [2.45, 2.75) is 188 Å². The fourth-order valence-electron chi connectivity index (χ4n) is 4.80. The van der Waals surface area contributed by atoms with E-state index in [9.17, 15) is 9.59 Å². The summed E-state index contributed by atoms with van der Waals surface area (Å²) in [5.41, 5.74) is 0. The van der Waals surface area contributed by atoms with Crippen LogP contribution in [0.5, 0.6) is 0 Å². The van der Waals surface area contributed by atoms with Crippen molar-refractivity contribution in [2.24, 2.45) is 0 Å². The van der Waals surface area contributed by atoms with E-state index in [4.69, 9.17) is 28.4 Å². The lowest BCUT2D eigenvalue weighted by Crippen LogP contribution is -2.26. The molecule has 0 spiro atoms. The van der Waals surface area contributed by atoms with Crippen LogP contribution in [-0.2, 0) is 38.0 Å². The highest BCUT2D eigenvalue weighted by molar-refractivity contribution is 5.69. The number of rotatable bonds is 36. The SMILES string of the molecule is CCCCCCOC(COC(=O)CCCCCCCC(=O)OCC(OCCCCCC)OCCCCCC)OCCCCCC. The maximum absolute atomic E-state index is 12.3. The summed E-state index contributed by atoms with van der Waals surface area (Å²) in [6.45, 7) is 11.6. The summed E-state index contributed by atoms with van der Waals surface area (Å²) in [4.78, 5) is 24.6. The first-order valence-electron chi connectivity index (χ1n) is 18.8. The largest absolute Gasteiger partial charge is 0.460 e. The van der Waals surface area contributed by atoms with Crippen LogP contribution >= 0.6 is 0 Å². The molecular weight excluding hydrogens is 572 g/mol. The molecule has 268 valence electrons. The topological polar surface area (TPSA) is 89.5 Å². The van der Waals surface area contributed by atoms with Crippen LogP contribution in [0.4, 0.5) is 0 Å². The maximum Gasteiger partial charge on any atom is 0.305 e. The Morgan fingerprint density at radius 3 is 0.933 bits per heavy atom. The molecule has 0 fully saturated rings. The molecule has 0 saturated carbocycles. The first-order chi connectivity index (χ1) is 22.1. The third kappa shape index (κ3) is 32.5. The molecule has 0 aromatic rings. The zero-order chi connectivity index (χ0) is 33.1. The van der Waals surface area contributed by atoms with E-state index < -0.39 is 12.6 Å².